The largest absolute Gasteiger partial charge is 0.457 e. The second-order valence-electron chi connectivity index (χ2n) is 6.68. The Morgan fingerprint density at radius 1 is 1.08 bits per heavy atom. The first kappa shape index (κ1) is 22.2. The highest BCUT2D eigenvalue weighted by Gasteiger charge is 2.17. The minimum Gasteiger partial charge on any atom is -0.457 e. The van der Waals surface area contributed by atoms with Crippen molar-refractivity contribution in [3.63, 3.8) is 0 Å². The maximum atomic E-state index is 6.01. The van der Waals surface area contributed by atoms with Crippen molar-refractivity contribution in [1.29, 1.82) is 0 Å². The highest BCUT2D eigenvalue weighted by Crippen LogP contribution is 2.24. The maximum absolute atomic E-state index is 6.01. The van der Waals surface area contributed by atoms with Gasteiger partial charge in [0.15, 0.2) is 5.96 Å². The monoisotopic (exact) mass is 469 g/mol. The number of rotatable bonds is 8. The van der Waals surface area contributed by atoms with Gasteiger partial charge in [0.25, 0.3) is 0 Å². The van der Waals surface area contributed by atoms with Crippen LogP contribution in [0.4, 0.5) is 5.69 Å². The summed E-state index contributed by atoms with van der Waals surface area (Å²) >= 11 is 0. The lowest BCUT2D eigenvalue weighted by Crippen LogP contribution is -2.26. The zero-order chi connectivity index (χ0) is 18.1. The fraction of sp³-hybridized carbons (Fsp3) is 0.350. The van der Waals surface area contributed by atoms with Crippen molar-refractivity contribution in [2.75, 3.05) is 25.6 Å². The Hall–Kier alpha value is -1.80. The molecule has 2 rings (SSSR count). The summed E-state index contributed by atoms with van der Waals surface area (Å²) < 4.78 is 11.0. The summed E-state index contributed by atoms with van der Waals surface area (Å²) in [6, 6.07) is 17.3. The molecule has 0 unspecified atom stereocenters. The summed E-state index contributed by atoms with van der Waals surface area (Å²) in [4.78, 5) is 4.44. The third-order valence-electron chi connectivity index (χ3n) is 3.75. The van der Waals surface area contributed by atoms with Crippen LogP contribution < -0.4 is 15.8 Å². The molecule has 5 nitrogen and oxygen atoms in total. The van der Waals surface area contributed by atoms with Crippen molar-refractivity contribution >= 4 is 35.6 Å². The quantitative estimate of drug-likeness (QED) is 0.328. The zero-order valence-corrected chi connectivity index (χ0v) is 17.9. The number of guanidine groups is 1. The molecule has 3 N–H and O–H groups in total. The lowest BCUT2D eigenvalue weighted by Gasteiger charge is -2.22. The summed E-state index contributed by atoms with van der Waals surface area (Å²) in [6.07, 6.45) is 0.931. The molecule has 26 heavy (non-hydrogen) atoms. The molecule has 6 heteroatoms. The molecule has 0 spiro atoms. The van der Waals surface area contributed by atoms with Crippen LogP contribution in [0.5, 0.6) is 11.5 Å². The van der Waals surface area contributed by atoms with Crippen LogP contribution in [0.3, 0.4) is 0 Å². The van der Waals surface area contributed by atoms with Crippen LogP contribution in [0.1, 0.15) is 20.3 Å². The highest BCUT2D eigenvalue weighted by atomic mass is 127. The maximum Gasteiger partial charge on any atom is 0.193 e. The van der Waals surface area contributed by atoms with Gasteiger partial charge >= 0.3 is 0 Å². The highest BCUT2D eigenvalue weighted by molar-refractivity contribution is 14.0. The number of nitrogens with one attached hydrogen (secondary N) is 1. The summed E-state index contributed by atoms with van der Waals surface area (Å²) in [7, 11) is 1.71. The van der Waals surface area contributed by atoms with Crippen molar-refractivity contribution in [3.8, 4) is 11.5 Å². The number of hydrogen-bond donors (Lipinski definition) is 2. The lowest BCUT2D eigenvalue weighted by molar-refractivity contribution is 0.155. The zero-order valence-electron chi connectivity index (χ0n) is 15.6. The Labute approximate surface area is 173 Å². The van der Waals surface area contributed by atoms with Gasteiger partial charge in [0.05, 0.1) is 0 Å². The number of nitrogens with two attached hydrogens (primary N) is 1. The van der Waals surface area contributed by atoms with E-state index in [4.69, 9.17) is 15.2 Å². The van der Waals surface area contributed by atoms with Gasteiger partial charge in [-0.25, -0.2) is 0 Å². The Morgan fingerprint density at radius 2 is 1.77 bits per heavy atom. The first-order valence-corrected chi connectivity index (χ1v) is 8.37. The Balaban J connectivity index is 0.00000338. The van der Waals surface area contributed by atoms with E-state index in [1.54, 1.807) is 7.11 Å². The normalized spacial score (nSPS) is 11.6. The molecule has 0 amide bonds. The number of nitrogens with zero attached hydrogens (tertiary/aromatic N) is 1. The molecule has 0 radical (unpaired) electrons. The van der Waals surface area contributed by atoms with Gasteiger partial charge in [0, 0.05) is 32.0 Å². The number of para-hydroxylation sites is 1. The third kappa shape index (κ3) is 8.05. The second-order valence-corrected chi connectivity index (χ2v) is 6.68. The molecule has 0 bridgehead atoms. The number of hydrogen-bond acceptors (Lipinski definition) is 3. The van der Waals surface area contributed by atoms with E-state index in [-0.39, 0.29) is 29.4 Å². The molecule has 0 aliphatic rings. The Morgan fingerprint density at radius 3 is 2.46 bits per heavy atom. The van der Waals surface area contributed by atoms with Crippen LogP contribution in [0.2, 0.25) is 0 Å². The molecule has 0 aliphatic carbocycles. The lowest BCUT2D eigenvalue weighted by atomic mass is 9.90. The van der Waals surface area contributed by atoms with Crippen LogP contribution in [0, 0.1) is 5.41 Å². The van der Waals surface area contributed by atoms with Gasteiger partial charge in [-0.1, -0.05) is 38.1 Å². The van der Waals surface area contributed by atoms with E-state index < -0.39 is 0 Å². The van der Waals surface area contributed by atoms with Crippen LogP contribution in [0.15, 0.2) is 59.6 Å². The fourth-order valence-electron chi connectivity index (χ4n) is 2.21. The first-order valence-electron chi connectivity index (χ1n) is 8.37. The molecular weight excluding hydrogens is 441 g/mol. The number of benzene rings is 2. The minimum absolute atomic E-state index is 0. The number of aliphatic imine (C=N–C) groups is 1. The van der Waals surface area contributed by atoms with Crippen molar-refractivity contribution in [2.45, 2.75) is 20.3 Å². The predicted molar refractivity (Wildman–Crippen MR) is 119 cm³/mol. The molecule has 2 aromatic rings. The molecule has 142 valence electrons. The molecule has 0 saturated heterocycles. The van der Waals surface area contributed by atoms with Gasteiger partial charge in [-0.2, -0.15) is 0 Å². The van der Waals surface area contributed by atoms with Gasteiger partial charge < -0.3 is 20.5 Å². The van der Waals surface area contributed by atoms with Gasteiger partial charge in [-0.05, 0) is 36.1 Å². The van der Waals surface area contributed by atoms with Crippen LogP contribution in [0.25, 0.3) is 0 Å². The Kier molecular flexibility index (Phi) is 9.43. The molecule has 0 atom stereocenters. The molecule has 0 saturated carbocycles. The van der Waals surface area contributed by atoms with E-state index in [0.717, 1.165) is 23.6 Å². The summed E-state index contributed by atoms with van der Waals surface area (Å²) in [5, 5.41) is 3.11. The molecule has 0 fully saturated rings. The number of anilines is 1. The minimum atomic E-state index is 0. The standard InChI is InChI=1S/C20H27N3O2.HI/c1-20(2,12-13-24-3)15-22-19(21)23-16-8-7-11-18(14-16)25-17-9-5-4-6-10-17;/h4-11,14H,12-13,15H2,1-3H3,(H3,21,22,23);1H. The van der Waals surface area contributed by atoms with Gasteiger partial charge in [0.1, 0.15) is 11.5 Å². The summed E-state index contributed by atoms with van der Waals surface area (Å²) in [5.74, 6) is 1.92. The van der Waals surface area contributed by atoms with Gasteiger partial charge in [-0.3, -0.25) is 4.99 Å². The molecule has 0 heterocycles. The number of ether oxygens (including phenoxy) is 2. The average Bonchev–Trinajstić information content (AvgIpc) is 2.60. The average molecular weight is 469 g/mol. The fourth-order valence-corrected chi connectivity index (χ4v) is 2.21. The van der Waals surface area contributed by atoms with E-state index >= 15 is 0 Å². The van der Waals surface area contributed by atoms with Crippen molar-refractivity contribution in [2.24, 2.45) is 16.1 Å². The first-order chi connectivity index (χ1) is 12.0. The van der Waals surface area contributed by atoms with E-state index in [2.05, 4.69) is 24.2 Å². The van der Waals surface area contributed by atoms with Crippen molar-refractivity contribution in [1.82, 2.24) is 0 Å². The van der Waals surface area contributed by atoms with Gasteiger partial charge in [-0.15, -0.1) is 24.0 Å². The van der Waals surface area contributed by atoms with Crippen LogP contribution in [-0.4, -0.2) is 26.2 Å². The Bertz CT molecular complexity index is 690. The van der Waals surface area contributed by atoms with Crippen molar-refractivity contribution in [3.05, 3.63) is 54.6 Å². The summed E-state index contributed by atoms with van der Waals surface area (Å²) in [6.45, 7) is 5.65. The van der Waals surface area contributed by atoms with Crippen molar-refractivity contribution < 1.29 is 9.47 Å². The molecule has 0 aromatic heterocycles. The predicted octanol–water partition coefficient (Wildman–Crippen LogP) is 4.89. The summed E-state index contributed by atoms with van der Waals surface area (Å²) in [5.41, 5.74) is 6.89. The van der Waals surface area contributed by atoms with E-state index in [1.165, 1.54) is 0 Å². The van der Waals surface area contributed by atoms with E-state index in [9.17, 15) is 0 Å². The second kappa shape index (κ2) is 11.0. The number of methoxy groups -OCH3 is 1. The van der Waals surface area contributed by atoms with E-state index in [1.807, 2.05) is 54.6 Å². The van der Waals surface area contributed by atoms with E-state index in [0.29, 0.717) is 19.1 Å². The van der Waals surface area contributed by atoms with Crippen LogP contribution in [-0.2, 0) is 4.74 Å². The smallest absolute Gasteiger partial charge is 0.193 e. The molecule has 2 aromatic carbocycles. The number of halogens is 1. The molecular formula is C20H28IN3O2. The molecule has 0 aliphatic heterocycles. The third-order valence-corrected chi connectivity index (χ3v) is 3.75. The van der Waals surface area contributed by atoms with Gasteiger partial charge in [0.2, 0.25) is 0 Å². The van der Waals surface area contributed by atoms with Crippen LogP contribution >= 0.6 is 24.0 Å². The SMILES string of the molecule is COCCC(C)(C)CN=C(N)Nc1cccc(Oc2ccccc2)c1.I. The topological polar surface area (TPSA) is 68.9 Å².